The molecule has 0 fully saturated rings. The number of aliphatic hydroxyl groups excluding tert-OH is 1. The molecule has 146 valence electrons. The number of benzene rings is 2. The van der Waals surface area contributed by atoms with Crippen molar-refractivity contribution in [2.45, 2.75) is 39.5 Å². The number of rotatable bonds is 12. The smallest absolute Gasteiger partial charge is 0.123 e. The number of aliphatic hydroxyl groups is 1. The summed E-state index contributed by atoms with van der Waals surface area (Å²) < 4.78 is 11.5. The van der Waals surface area contributed by atoms with Crippen molar-refractivity contribution in [3.05, 3.63) is 65.7 Å². The van der Waals surface area contributed by atoms with E-state index in [9.17, 15) is 0 Å². The van der Waals surface area contributed by atoms with Crippen molar-refractivity contribution in [1.29, 1.82) is 0 Å². The highest BCUT2D eigenvalue weighted by atomic mass is 16.5. The van der Waals surface area contributed by atoms with Gasteiger partial charge < -0.3 is 14.6 Å². The van der Waals surface area contributed by atoms with Gasteiger partial charge in [0, 0.05) is 6.61 Å². The van der Waals surface area contributed by atoms with Gasteiger partial charge in [0.1, 0.15) is 12.4 Å². The molecule has 0 saturated heterocycles. The van der Waals surface area contributed by atoms with Gasteiger partial charge in [0.25, 0.3) is 0 Å². The lowest BCUT2D eigenvalue weighted by molar-refractivity contribution is 0.116. The summed E-state index contributed by atoms with van der Waals surface area (Å²) in [6.07, 6.45) is 3.80. The molecule has 2 aromatic rings. The highest BCUT2D eigenvalue weighted by Crippen LogP contribution is 2.29. The summed E-state index contributed by atoms with van der Waals surface area (Å²) in [7, 11) is 0. The summed E-state index contributed by atoms with van der Waals surface area (Å²) in [5, 5.41) is 9.15. The largest absolute Gasteiger partial charge is 0.491 e. The van der Waals surface area contributed by atoms with Crippen LogP contribution in [0.1, 0.15) is 37.8 Å². The molecule has 0 radical (unpaired) electrons. The molecular weight excluding hydrogens is 336 g/mol. The Morgan fingerprint density at radius 1 is 1.00 bits per heavy atom. The van der Waals surface area contributed by atoms with E-state index in [-0.39, 0.29) is 6.61 Å². The van der Waals surface area contributed by atoms with E-state index < -0.39 is 0 Å². The van der Waals surface area contributed by atoms with Gasteiger partial charge in [-0.2, -0.15) is 0 Å². The third-order valence-electron chi connectivity index (χ3n) is 4.33. The van der Waals surface area contributed by atoms with Crippen LogP contribution in [0.5, 0.6) is 5.75 Å². The van der Waals surface area contributed by atoms with Gasteiger partial charge in [-0.15, -0.1) is 0 Å². The Hall–Kier alpha value is -2.10. The Kier molecular flexibility index (Phi) is 9.09. The molecule has 2 aromatic carbocycles. The number of ether oxygens (including phenoxy) is 2. The molecule has 27 heavy (non-hydrogen) atoms. The molecular formula is C24H32O3. The Bertz CT molecular complexity index is 704. The fourth-order valence-electron chi connectivity index (χ4n) is 2.95. The molecule has 0 aliphatic heterocycles. The van der Waals surface area contributed by atoms with Gasteiger partial charge >= 0.3 is 0 Å². The maximum Gasteiger partial charge on any atom is 0.123 e. The third kappa shape index (κ3) is 7.20. The van der Waals surface area contributed by atoms with Crippen LogP contribution in [0.4, 0.5) is 0 Å². The first-order valence-corrected chi connectivity index (χ1v) is 9.82. The van der Waals surface area contributed by atoms with E-state index in [1.807, 2.05) is 6.92 Å². The minimum absolute atomic E-state index is 0.182. The summed E-state index contributed by atoms with van der Waals surface area (Å²) in [5.74, 6) is 0.873. The van der Waals surface area contributed by atoms with E-state index in [4.69, 9.17) is 14.6 Å². The van der Waals surface area contributed by atoms with Crippen LogP contribution >= 0.6 is 0 Å². The second kappa shape index (κ2) is 11.6. The van der Waals surface area contributed by atoms with E-state index in [0.717, 1.165) is 48.1 Å². The SMILES string of the molecule is C=C(C)COCCOc1cc(-c2ccc(CCC)cc2)ccc1CCCO. The Labute approximate surface area is 163 Å². The molecule has 0 unspecified atom stereocenters. The molecule has 0 aromatic heterocycles. The molecule has 0 heterocycles. The van der Waals surface area contributed by atoms with Crippen LogP contribution in [0.3, 0.4) is 0 Å². The van der Waals surface area contributed by atoms with Gasteiger partial charge in [0.05, 0.1) is 13.2 Å². The third-order valence-corrected chi connectivity index (χ3v) is 4.33. The zero-order valence-corrected chi connectivity index (χ0v) is 16.7. The first-order valence-electron chi connectivity index (χ1n) is 9.82. The minimum atomic E-state index is 0.182. The lowest BCUT2D eigenvalue weighted by atomic mass is 9.99. The second-order valence-corrected chi connectivity index (χ2v) is 6.95. The average molecular weight is 369 g/mol. The first-order chi connectivity index (χ1) is 13.1. The molecule has 0 spiro atoms. The van der Waals surface area contributed by atoms with E-state index in [1.165, 1.54) is 11.1 Å². The van der Waals surface area contributed by atoms with Crippen LogP contribution in [0.25, 0.3) is 11.1 Å². The average Bonchev–Trinajstić information content (AvgIpc) is 2.67. The van der Waals surface area contributed by atoms with Gasteiger partial charge in [-0.1, -0.05) is 61.9 Å². The fourth-order valence-corrected chi connectivity index (χ4v) is 2.95. The Morgan fingerprint density at radius 2 is 1.74 bits per heavy atom. The van der Waals surface area contributed by atoms with Crippen molar-refractivity contribution in [1.82, 2.24) is 0 Å². The Morgan fingerprint density at radius 3 is 2.41 bits per heavy atom. The molecule has 0 aliphatic rings. The molecule has 0 saturated carbocycles. The summed E-state index contributed by atoms with van der Waals surface area (Å²) >= 11 is 0. The lowest BCUT2D eigenvalue weighted by Crippen LogP contribution is -2.09. The molecule has 1 N–H and O–H groups in total. The lowest BCUT2D eigenvalue weighted by Gasteiger charge is -2.14. The van der Waals surface area contributed by atoms with Gasteiger partial charge in [0.2, 0.25) is 0 Å². The van der Waals surface area contributed by atoms with Gasteiger partial charge in [-0.25, -0.2) is 0 Å². The zero-order chi connectivity index (χ0) is 19.5. The van der Waals surface area contributed by atoms with Gasteiger partial charge in [-0.05, 0) is 54.5 Å². The molecule has 0 aliphatic carbocycles. The quantitative estimate of drug-likeness (QED) is 0.413. The predicted molar refractivity (Wildman–Crippen MR) is 112 cm³/mol. The fraction of sp³-hybridized carbons (Fsp3) is 0.417. The van der Waals surface area contributed by atoms with Crippen molar-refractivity contribution >= 4 is 0 Å². The molecule has 0 atom stereocenters. The summed E-state index contributed by atoms with van der Waals surface area (Å²) in [4.78, 5) is 0. The Balaban J connectivity index is 2.10. The van der Waals surface area contributed by atoms with Crippen LogP contribution in [0, 0.1) is 0 Å². The van der Waals surface area contributed by atoms with Crippen LogP contribution in [-0.2, 0) is 17.6 Å². The highest BCUT2D eigenvalue weighted by Gasteiger charge is 2.08. The maximum absolute atomic E-state index is 9.15. The van der Waals surface area contributed by atoms with Crippen LogP contribution < -0.4 is 4.74 Å². The topological polar surface area (TPSA) is 38.7 Å². The maximum atomic E-state index is 9.15. The number of hydrogen-bond acceptors (Lipinski definition) is 3. The van der Waals surface area contributed by atoms with Gasteiger partial charge in [0.15, 0.2) is 0 Å². The predicted octanol–water partition coefficient (Wildman–Crippen LogP) is 5.20. The molecule has 0 bridgehead atoms. The van der Waals surface area contributed by atoms with E-state index in [0.29, 0.717) is 19.8 Å². The summed E-state index contributed by atoms with van der Waals surface area (Å²) in [6, 6.07) is 15.1. The van der Waals surface area contributed by atoms with E-state index >= 15 is 0 Å². The van der Waals surface area contributed by atoms with Gasteiger partial charge in [-0.3, -0.25) is 0 Å². The number of hydrogen-bond donors (Lipinski definition) is 1. The monoisotopic (exact) mass is 368 g/mol. The van der Waals surface area contributed by atoms with Crippen molar-refractivity contribution in [2.75, 3.05) is 26.4 Å². The summed E-state index contributed by atoms with van der Waals surface area (Å²) in [6.45, 7) is 9.75. The number of aryl methyl sites for hydroxylation is 2. The summed E-state index contributed by atoms with van der Waals surface area (Å²) in [5.41, 5.74) is 5.82. The molecule has 3 nitrogen and oxygen atoms in total. The van der Waals surface area contributed by atoms with Crippen LogP contribution in [0.15, 0.2) is 54.6 Å². The van der Waals surface area contributed by atoms with Crippen molar-refractivity contribution in [3.63, 3.8) is 0 Å². The standard InChI is InChI=1S/C24H32O3/c1-4-6-20-8-10-21(11-9-20)23-13-12-22(7-5-14-25)24(17-23)27-16-15-26-18-19(2)3/h8-13,17,25H,2,4-7,14-16,18H2,1,3H3. The van der Waals surface area contributed by atoms with E-state index in [1.54, 1.807) is 0 Å². The van der Waals surface area contributed by atoms with Crippen molar-refractivity contribution < 1.29 is 14.6 Å². The zero-order valence-electron chi connectivity index (χ0n) is 16.7. The molecule has 2 rings (SSSR count). The molecule has 0 amide bonds. The minimum Gasteiger partial charge on any atom is -0.491 e. The normalized spacial score (nSPS) is 10.8. The van der Waals surface area contributed by atoms with E-state index in [2.05, 4.69) is 56.0 Å². The first kappa shape index (κ1) is 21.2. The van der Waals surface area contributed by atoms with Crippen molar-refractivity contribution in [2.24, 2.45) is 0 Å². The highest BCUT2D eigenvalue weighted by molar-refractivity contribution is 5.66. The van der Waals surface area contributed by atoms with Crippen molar-refractivity contribution in [3.8, 4) is 16.9 Å². The van der Waals surface area contributed by atoms with Crippen LogP contribution in [0.2, 0.25) is 0 Å². The molecule has 3 heteroatoms. The second-order valence-electron chi connectivity index (χ2n) is 6.95. The van der Waals surface area contributed by atoms with Crippen LogP contribution in [-0.4, -0.2) is 31.5 Å².